The summed E-state index contributed by atoms with van der Waals surface area (Å²) in [7, 11) is 0. The van der Waals surface area contributed by atoms with Gasteiger partial charge in [-0.05, 0) is 26.2 Å². The number of nitrogens with zero attached hydrogens (tertiary/aromatic N) is 2. The van der Waals surface area contributed by atoms with Gasteiger partial charge in [-0.3, -0.25) is 0 Å². The Balaban J connectivity index is 2.20. The molecule has 1 aliphatic rings. The summed E-state index contributed by atoms with van der Waals surface area (Å²) in [5, 5.41) is 0. The van der Waals surface area contributed by atoms with Crippen LogP contribution in [0.15, 0.2) is 10.7 Å². The highest BCUT2D eigenvalue weighted by Gasteiger charge is 2.32. The first-order valence-corrected chi connectivity index (χ1v) is 6.08. The summed E-state index contributed by atoms with van der Waals surface area (Å²) in [6.07, 6.45) is 5.25. The molecule has 15 heavy (non-hydrogen) atoms. The predicted octanol–water partition coefficient (Wildman–Crippen LogP) is 3.18. The molecular formula is C11H17ClN2O. The van der Waals surface area contributed by atoms with Gasteiger partial charge in [-0.1, -0.05) is 6.92 Å². The van der Waals surface area contributed by atoms with Gasteiger partial charge < -0.3 is 9.32 Å². The average molecular weight is 229 g/mol. The number of rotatable bonds is 3. The Kier molecular flexibility index (Phi) is 3.19. The second-order valence-corrected chi connectivity index (χ2v) is 4.42. The number of anilines is 1. The van der Waals surface area contributed by atoms with Crippen molar-refractivity contribution in [1.29, 1.82) is 0 Å². The minimum Gasteiger partial charge on any atom is -0.432 e. The molecule has 1 aromatic heterocycles. The topological polar surface area (TPSA) is 29.3 Å². The van der Waals surface area contributed by atoms with Gasteiger partial charge in [0.1, 0.15) is 6.26 Å². The summed E-state index contributed by atoms with van der Waals surface area (Å²) >= 11 is 5.71. The molecule has 0 bridgehead atoms. The molecule has 0 amide bonds. The Bertz CT molecular complexity index is 326. The van der Waals surface area contributed by atoms with Gasteiger partial charge >= 0.3 is 0 Å². The highest BCUT2D eigenvalue weighted by atomic mass is 35.5. The van der Waals surface area contributed by atoms with E-state index in [0.29, 0.717) is 18.0 Å². The molecule has 1 saturated heterocycles. The van der Waals surface area contributed by atoms with Crippen LogP contribution in [-0.4, -0.2) is 17.1 Å². The maximum absolute atomic E-state index is 5.71. The average Bonchev–Trinajstić information content (AvgIpc) is 2.83. The fraction of sp³-hybridized carbons (Fsp3) is 0.727. The van der Waals surface area contributed by atoms with Crippen molar-refractivity contribution in [2.75, 3.05) is 4.90 Å². The monoisotopic (exact) mass is 228 g/mol. The number of alkyl halides is 1. The molecule has 1 aromatic rings. The number of oxazole rings is 1. The molecule has 2 heterocycles. The fourth-order valence-corrected chi connectivity index (χ4v) is 2.42. The highest BCUT2D eigenvalue weighted by Crippen LogP contribution is 2.31. The molecule has 1 fully saturated rings. The van der Waals surface area contributed by atoms with Gasteiger partial charge in [0.2, 0.25) is 0 Å². The predicted molar refractivity (Wildman–Crippen MR) is 61.3 cm³/mol. The van der Waals surface area contributed by atoms with E-state index in [0.717, 1.165) is 18.1 Å². The zero-order valence-corrected chi connectivity index (χ0v) is 10.00. The van der Waals surface area contributed by atoms with E-state index in [9.17, 15) is 0 Å². The molecule has 0 radical (unpaired) electrons. The van der Waals surface area contributed by atoms with Crippen LogP contribution in [-0.2, 0) is 5.88 Å². The zero-order valence-electron chi connectivity index (χ0n) is 9.24. The SMILES string of the molecule is CCC1CCC(C)N1c1nc(CCl)co1. The van der Waals surface area contributed by atoms with Gasteiger partial charge in [-0.2, -0.15) is 4.98 Å². The molecule has 2 rings (SSSR count). The first-order valence-electron chi connectivity index (χ1n) is 5.55. The third-order valence-electron chi connectivity index (χ3n) is 3.15. The number of hydrogen-bond acceptors (Lipinski definition) is 3. The van der Waals surface area contributed by atoms with Crippen LogP contribution in [0.2, 0.25) is 0 Å². The normalized spacial score (nSPS) is 26.2. The van der Waals surface area contributed by atoms with Gasteiger partial charge in [-0.15, -0.1) is 11.6 Å². The van der Waals surface area contributed by atoms with Crippen molar-refractivity contribution >= 4 is 17.6 Å². The van der Waals surface area contributed by atoms with Gasteiger partial charge in [0.05, 0.1) is 11.6 Å². The lowest BCUT2D eigenvalue weighted by atomic mass is 10.2. The van der Waals surface area contributed by atoms with Crippen molar-refractivity contribution in [2.45, 2.75) is 51.1 Å². The minimum absolute atomic E-state index is 0.419. The van der Waals surface area contributed by atoms with E-state index in [-0.39, 0.29) is 0 Å². The molecule has 2 atom stereocenters. The molecule has 1 aliphatic heterocycles. The van der Waals surface area contributed by atoms with Crippen LogP contribution in [0.4, 0.5) is 6.01 Å². The molecule has 0 aromatic carbocycles. The molecular weight excluding hydrogens is 212 g/mol. The number of hydrogen-bond donors (Lipinski definition) is 0. The van der Waals surface area contributed by atoms with Crippen molar-refractivity contribution in [1.82, 2.24) is 4.98 Å². The summed E-state index contributed by atoms with van der Waals surface area (Å²) in [5.74, 6) is 0.419. The number of aromatic nitrogens is 1. The maximum atomic E-state index is 5.71. The molecule has 84 valence electrons. The molecule has 3 nitrogen and oxygen atoms in total. The highest BCUT2D eigenvalue weighted by molar-refractivity contribution is 6.16. The Hall–Kier alpha value is -0.700. The van der Waals surface area contributed by atoms with Gasteiger partial charge in [0.15, 0.2) is 0 Å². The molecule has 0 aliphatic carbocycles. The fourth-order valence-electron chi connectivity index (χ4n) is 2.29. The van der Waals surface area contributed by atoms with E-state index in [1.165, 1.54) is 12.8 Å². The third kappa shape index (κ3) is 1.98. The Morgan fingerprint density at radius 2 is 2.40 bits per heavy atom. The summed E-state index contributed by atoms with van der Waals surface area (Å²) in [6.45, 7) is 4.43. The molecule has 2 unspecified atom stereocenters. The van der Waals surface area contributed by atoms with Crippen LogP contribution in [0.5, 0.6) is 0 Å². The van der Waals surface area contributed by atoms with Gasteiger partial charge in [0, 0.05) is 12.1 Å². The minimum atomic E-state index is 0.419. The van der Waals surface area contributed by atoms with Crippen molar-refractivity contribution in [3.8, 4) is 0 Å². The van der Waals surface area contributed by atoms with E-state index in [2.05, 4.69) is 23.7 Å². The van der Waals surface area contributed by atoms with Crippen molar-refractivity contribution in [3.05, 3.63) is 12.0 Å². The quantitative estimate of drug-likeness (QED) is 0.745. The lowest BCUT2D eigenvalue weighted by Crippen LogP contribution is -2.34. The van der Waals surface area contributed by atoms with Crippen molar-refractivity contribution in [2.24, 2.45) is 0 Å². The van der Waals surface area contributed by atoms with Crippen LogP contribution >= 0.6 is 11.6 Å². The van der Waals surface area contributed by atoms with Gasteiger partial charge in [0.25, 0.3) is 6.01 Å². The summed E-state index contributed by atoms with van der Waals surface area (Å²) in [4.78, 5) is 6.67. The zero-order chi connectivity index (χ0) is 10.8. The second-order valence-electron chi connectivity index (χ2n) is 4.15. The third-order valence-corrected chi connectivity index (χ3v) is 3.43. The van der Waals surface area contributed by atoms with Crippen LogP contribution in [0.25, 0.3) is 0 Å². The standard InChI is InChI=1S/C11H17ClN2O/c1-3-10-5-4-8(2)14(10)11-13-9(6-12)7-15-11/h7-8,10H,3-6H2,1-2H3. The summed E-state index contributed by atoms with van der Waals surface area (Å²) in [5.41, 5.74) is 0.820. The maximum Gasteiger partial charge on any atom is 0.297 e. The first kappa shape index (κ1) is 10.8. The largest absolute Gasteiger partial charge is 0.432 e. The van der Waals surface area contributed by atoms with Crippen LogP contribution in [0.3, 0.4) is 0 Å². The molecule has 0 N–H and O–H groups in total. The smallest absolute Gasteiger partial charge is 0.297 e. The summed E-state index contributed by atoms with van der Waals surface area (Å²) < 4.78 is 5.47. The van der Waals surface area contributed by atoms with E-state index in [1.807, 2.05) is 0 Å². The van der Waals surface area contributed by atoms with Crippen LogP contribution in [0.1, 0.15) is 38.8 Å². The van der Waals surface area contributed by atoms with Gasteiger partial charge in [-0.25, -0.2) is 0 Å². The van der Waals surface area contributed by atoms with Crippen molar-refractivity contribution in [3.63, 3.8) is 0 Å². The molecule has 0 spiro atoms. The molecule has 4 heteroatoms. The van der Waals surface area contributed by atoms with Crippen LogP contribution < -0.4 is 4.90 Å². The summed E-state index contributed by atoms with van der Waals surface area (Å²) in [6, 6.07) is 1.83. The van der Waals surface area contributed by atoms with E-state index in [1.54, 1.807) is 6.26 Å². The lowest BCUT2D eigenvalue weighted by molar-refractivity contribution is 0.498. The molecule has 0 saturated carbocycles. The Labute approximate surface area is 95.4 Å². The van der Waals surface area contributed by atoms with E-state index < -0.39 is 0 Å². The Morgan fingerprint density at radius 3 is 3.00 bits per heavy atom. The van der Waals surface area contributed by atoms with E-state index >= 15 is 0 Å². The second kappa shape index (κ2) is 4.44. The lowest BCUT2D eigenvalue weighted by Gasteiger charge is -2.25. The number of halogens is 1. The first-order chi connectivity index (χ1) is 7.26. The van der Waals surface area contributed by atoms with Crippen LogP contribution in [0, 0.1) is 0 Å². The van der Waals surface area contributed by atoms with Crippen molar-refractivity contribution < 1.29 is 4.42 Å². The Morgan fingerprint density at radius 1 is 1.60 bits per heavy atom. The van der Waals surface area contributed by atoms with E-state index in [4.69, 9.17) is 16.0 Å².